The van der Waals surface area contributed by atoms with Gasteiger partial charge >= 0.3 is 6.03 Å². The second kappa shape index (κ2) is 9.80. The maximum Gasteiger partial charge on any atom is 0.318 e. The summed E-state index contributed by atoms with van der Waals surface area (Å²) in [5, 5.41) is 8.00. The lowest BCUT2D eigenvalue weighted by molar-refractivity contribution is -0.116. The van der Waals surface area contributed by atoms with E-state index in [9.17, 15) is 9.59 Å². The van der Waals surface area contributed by atoms with Crippen LogP contribution in [-0.2, 0) is 4.79 Å². The number of carbonyl (C=O) groups is 2. The number of carbonyl (C=O) groups excluding carboxylic acids is 2. The van der Waals surface area contributed by atoms with E-state index in [-0.39, 0.29) is 11.9 Å². The smallest absolute Gasteiger partial charge is 0.318 e. The van der Waals surface area contributed by atoms with E-state index >= 15 is 0 Å². The molecule has 0 spiro atoms. The van der Waals surface area contributed by atoms with Crippen LogP contribution >= 0.6 is 0 Å². The van der Waals surface area contributed by atoms with Gasteiger partial charge in [-0.2, -0.15) is 0 Å². The molecule has 1 rings (SSSR count). The third kappa shape index (κ3) is 7.34. The minimum atomic E-state index is -0.283. The van der Waals surface area contributed by atoms with Gasteiger partial charge in [-0.25, -0.2) is 4.79 Å². The third-order valence-electron chi connectivity index (χ3n) is 3.14. The summed E-state index contributed by atoms with van der Waals surface area (Å²) >= 11 is 0. The third-order valence-corrected chi connectivity index (χ3v) is 3.14. The number of anilines is 2. The number of benzene rings is 1. The van der Waals surface area contributed by atoms with Crippen LogP contribution in [0.15, 0.2) is 24.3 Å². The maximum atomic E-state index is 11.8. The number of hydrogen-bond donors (Lipinski definition) is 3. The molecule has 0 aliphatic carbocycles. The first kappa shape index (κ1) is 17.0. The van der Waals surface area contributed by atoms with E-state index < -0.39 is 0 Å². The van der Waals surface area contributed by atoms with Gasteiger partial charge < -0.3 is 16.0 Å². The molecule has 1 aromatic carbocycles. The molecule has 1 aromatic rings. The fourth-order valence-electron chi connectivity index (χ4n) is 1.98. The van der Waals surface area contributed by atoms with Crippen LogP contribution < -0.4 is 16.0 Å². The Kier molecular flexibility index (Phi) is 7.94. The molecule has 5 heteroatoms. The second-order valence-corrected chi connectivity index (χ2v) is 5.00. The van der Waals surface area contributed by atoms with Crippen molar-refractivity contribution in [3.63, 3.8) is 0 Å². The number of amides is 3. The van der Waals surface area contributed by atoms with Crippen LogP contribution in [0.5, 0.6) is 0 Å². The van der Waals surface area contributed by atoms with Crippen molar-refractivity contribution in [1.29, 1.82) is 0 Å². The van der Waals surface area contributed by atoms with Crippen molar-refractivity contribution in [2.24, 2.45) is 0 Å². The molecule has 3 N–H and O–H groups in total. The lowest BCUT2D eigenvalue weighted by Crippen LogP contribution is -2.24. The molecule has 0 atom stereocenters. The molecule has 0 radical (unpaired) electrons. The highest BCUT2D eigenvalue weighted by Crippen LogP contribution is 2.15. The molecule has 21 heavy (non-hydrogen) atoms. The number of hydrogen-bond acceptors (Lipinski definition) is 2. The highest BCUT2D eigenvalue weighted by atomic mass is 16.2. The summed E-state index contributed by atoms with van der Waals surface area (Å²) in [6.45, 7) is 2.17. The largest absolute Gasteiger partial charge is 0.341 e. The molecular weight excluding hydrogens is 266 g/mol. The molecule has 0 saturated carbocycles. The molecule has 0 saturated heterocycles. The summed E-state index contributed by atoms with van der Waals surface area (Å²) < 4.78 is 0. The first-order chi connectivity index (χ1) is 10.2. The summed E-state index contributed by atoms with van der Waals surface area (Å²) in [6, 6.07) is 6.83. The van der Waals surface area contributed by atoms with E-state index in [0.29, 0.717) is 17.8 Å². The van der Waals surface area contributed by atoms with E-state index in [4.69, 9.17) is 0 Å². The molecule has 5 nitrogen and oxygen atoms in total. The van der Waals surface area contributed by atoms with Crippen molar-refractivity contribution in [3.05, 3.63) is 24.3 Å². The first-order valence-electron chi connectivity index (χ1n) is 7.54. The fraction of sp³-hybridized carbons (Fsp3) is 0.500. The average molecular weight is 291 g/mol. The standard InChI is InChI=1S/C16H25N3O2/c1-3-4-5-6-7-11-15(20)18-13-9-8-10-14(12-13)19-16(21)17-2/h8-10,12H,3-7,11H2,1-2H3,(H,18,20)(H2,17,19,21). The number of unbranched alkanes of at least 4 members (excludes halogenated alkanes) is 4. The highest BCUT2D eigenvalue weighted by Gasteiger charge is 2.04. The van der Waals surface area contributed by atoms with Crippen LogP contribution in [0.3, 0.4) is 0 Å². The summed E-state index contributed by atoms with van der Waals surface area (Å²) in [5.74, 6) is 0.0172. The van der Waals surface area contributed by atoms with Gasteiger partial charge in [-0.1, -0.05) is 38.7 Å². The van der Waals surface area contributed by atoms with E-state index in [1.54, 1.807) is 25.2 Å². The molecule has 0 aromatic heterocycles. The first-order valence-corrected chi connectivity index (χ1v) is 7.54. The summed E-state index contributed by atoms with van der Waals surface area (Å²) in [4.78, 5) is 23.1. The van der Waals surface area contributed by atoms with Gasteiger partial charge in [-0.05, 0) is 24.6 Å². The quantitative estimate of drug-likeness (QED) is 0.639. The lowest BCUT2D eigenvalue weighted by atomic mass is 10.1. The van der Waals surface area contributed by atoms with Gasteiger partial charge in [0.2, 0.25) is 5.91 Å². The Labute approximate surface area is 126 Å². The minimum absolute atomic E-state index is 0.0172. The Morgan fingerprint density at radius 3 is 2.33 bits per heavy atom. The van der Waals surface area contributed by atoms with E-state index in [1.165, 1.54) is 19.3 Å². The van der Waals surface area contributed by atoms with Crippen LogP contribution in [0, 0.1) is 0 Å². The Morgan fingerprint density at radius 1 is 1.00 bits per heavy atom. The number of urea groups is 1. The molecule has 116 valence electrons. The monoisotopic (exact) mass is 291 g/mol. The molecule has 0 aliphatic rings. The minimum Gasteiger partial charge on any atom is -0.341 e. The Hall–Kier alpha value is -2.04. The van der Waals surface area contributed by atoms with Crippen molar-refractivity contribution < 1.29 is 9.59 Å². The van der Waals surface area contributed by atoms with Gasteiger partial charge in [0.1, 0.15) is 0 Å². The Bertz CT molecular complexity index is 461. The van der Waals surface area contributed by atoms with Crippen LogP contribution in [0.2, 0.25) is 0 Å². The number of rotatable bonds is 8. The average Bonchev–Trinajstić information content (AvgIpc) is 2.47. The molecule has 0 aliphatic heterocycles. The predicted octanol–water partition coefficient (Wildman–Crippen LogP) is 3.74. The second-order valence-electron chi connectivity index (χ2n) is 5.00. The zero-order valence-electron chi connectivity index (χ0n) is 12.9. The molecular formula is C16H25N3O2. The van der Waals surface area contributed by atoms with Crippen LogP contribution in [0.4, 0.5) is 16.2 Å². The summed E-state index contributed by atoms with van der Waals surface area (Å²) in [7, 11) is 1.56. The molecule has 0 fully saturated rings. The fourth-order valence-corrected chi connectivity index (χ4v) is 1.98. The van der Waals surface area contributed by atoms with Gasteiger partial charge in [0, 0.05) is 24.8 Å². The molecule has 0 bridgehead atoms. The van der Waals surface area contributed by atoms with Crippen LogP contribution in [-0.4, -0.2) is 19.0 Å². The number of nitrogens with one attached hydrogen (secondary N) is 3. The summed E-state index contributed by atoms with van der Waals surface area (Å²) in [5.41, 5.74) is 1.34. The normalized spacial score (nSPS) is 10.0. The Morgan fingerprint density at radius 2 is 1.67 bits per heavy atom. The summed E-state index contributed by atoms with van der Waals surface area (Å²) in [6.07, 6.45) is 6.18. The van der Waals surface area contributed by atoms with Crippen molar-refractivity contribution in [1.82, 2.24) is 5.32 Å². The lowest BCUT2D eigenvalue weighted by Gasteiger charge is -2.08. The zero-order valence-corrected chi connectivity index (χ0v) is 12.9. The highest BCUT2D eigenvalue weighted by molar-refractivity contribution is 5.93. The SMILES string of the molecule is CCCCCCCC(=O)Nc1cccc(NC(=O)NC)c1. The van der Waals surface area contributed by atoms with Crippen molar-refractivity contribution >= 4 is 23.3 Å². The van der Waals surface area contributed by atoms with Crippen molar-refractivity contribution in [3.8, 4) is 0 Å². The van der Waals surface area contributed by atoms with Crippen LogP contribution in [0.1, 0.15) is 45.4 Å². The van der Waals surface area contributed by atoms with Crippen LogP contribution in [0.25, 0.3) is 0 Å². The topological polar surface area (TPSA) is 70.2 Å². The molecule has 0 heterocycles. The Balaban J connectivity index is 2.38. The van der Waals surface area contributed by atoms with Crippen molar-refractivity contribution in [2.45, 2.75) is 45.4 Å². The van der Waals surface area contributed by atoms with Gasteiger partial charge in [-0.3, -0.25) is 4.79 Å². The van der Waals surface area contributed by atoms with Gasteiger partial charge in [-0.15, -0.1) is 0 Å². The van der Waals surface area contributed by atoms with Crippen molar-refractivity contribution in [2.75, 3.05) is 17.7 Å². The van der Waals surface area contributed by atoms with Gasteiger partial charge in [0.05, 0.1) is 0 Å². The molecule has 3 amide bonds. The maximum absolute atomic E-state index is 11.8. The predicted molar refractivity (Wildman–Crippen MR) is 86.5 cm³/mol. The zero-order chi connectivity index (χ0) is 15.5. The van der Waals surface area contributed by atoms with E-state index in [2.05, 4.69) is 22.9 Å². The van der Waals surface area contributed by atoms with E-state index in [0.717, 1.165) is 12.8 Å². The van der Waals surface area contributed by atoms with Gasteiger partial charge in [0.25, 0.3) is 0 Å². The van der Waals surface area contributed by atoms with E-state index in [1.807, 2.05) is 6.07 Å². The van der Waals surface area contributed by atoms with Gasteiger partial charge in [0.15, 0.2) is 0 Å². The molecule has 0 unspecified atom stereocenters.